The molecule has 1 aromatic heterocycles. The van der Waals surface area contributed by atoms with Crippen molar-refractivity contribution < 1.29 is 33.4 Å². The number of carbonyl (C=O) groups excluding carboxylic acids is 3. The molecular formula is C22H20N2O7S. The van der Waals surface area contributed by atoms with E-state index in [1.807, 2.05) is 30.3 Å². The number of carboxylic acid groups (broad SMARTS) is 1. The Kier molecular flexibility index (Phi) is 6.04. The van der Waals surface area contributed by atoms with E-state index in [0.29, 0.717) is 17.1 Å². The Hall–Kier alpha value is -3.53. The van der Waals surface area contributed by atoms with Crippen LogP contribution in [0.25, 0.3) is 0 Å². The molecule has 0 bridgehead atoms. The molecule has 10 heteroatoms. The van der Waals surface area contributed by atoms with E-state index in [9.17, 15) is 24.3 Å². The highest BCUT2D eigenvalue weighted by molar-refractivity contribution is 8.00. The smallest absolute Gasteiger partial charge is 0.373 e. The maximum atomic E-state index is 12.7. The molecular weight excluding hydrogens is 436 g/mol. The van der Waals surface area contributed by atoms with E-state index in [2.05, 4.69) is 10.1 Å². The largest absolute Gasteiger partial charge is 0.477 e. The molecule has 2 atom stereocenters. The summed E-state index contributed by atoms with van der Waals surface area (Å²) in [4.78, 5) is 49.9. The Morgan fingerprint density at radius 1 is 1.22 bits per heavy atom. The first-order valence-electron chi connectivity index (χ1n) is 9.79. The number of nitrogens with one attached hydrogen (secondary N) is 1. The molecule has 3 heterocycles. The lowest BCUT2D eigenvalue weighted by Gasteiger charge is -2.49. The van der Waals surface area contributed by atoms with E-state index in [1.165, 1.54) is 29.8 Å². The number of fused-ring (bicyclic) bond motifs is 1. The molecule has 2 aliphatic heterocycles. The van der Waals surface area contributed by atoms with Crippen molar-refractivity contribution in [2.45, 2.75) is 24.3 Å². The van der Waals surface area contributed by atoms with Crippen LogP contribution in [0.3, 0.4) is 0 Å². The number of methoxy groups -OCH3 is 1. The summed E-state index contributed by atoms with van der Waals surface area (Å²) >= 11 is 1.38. The third-order valence-electron chi connectivity index (χ3n) is 5.21. The molecule has 0 radical (unpaired) electrons. The summed E-state index contributed by atoms with van der Waals surface area (Å²) in [7, 11) is 1.23. The fourth-order valence-corrected chi connectivity index (χ4v) is 5.06. The van der Waals surface area contributed by atoms with Crippen molar-refractivity contribution in [1.29, 1.82) is 0 Å². The minimum Gasteiger partial charge on any atom is -0.477 e. The number of hydrogen-bond acceptors (Lipinski definition) is 7. The third kappa shape index (κ3) is 4.13. The van der Waals surface area contributed by atoms with E-state index in [4.69, 9.17) is 4.42 Å². The fraction of sp³-hybridized carbons (Fsp3) is 0.273. The Morgan fingerprint density at radius 2 is 1.97 bits per heavy atom. The van der Waals surface area contributed by atoms with E-state index < -0.39 is 29.3 Å². The summed E-state index contributed by atoms with van der Waals surface area (Å²) in [6, 6.07) is 11.4. The van der Waals surface area contributed by atoms with Gasteiger partial charge < -0.3 is 19.6 Å². The predicted molar refractivity (Wildman–Crippen MR) is 114 cm³/mol. The van der Waals surface area contributed by atoms with Gasteiger partial charge in [0.15, 0.2) is 0 Å². The summed E-state index contributed by atoms with van der Waals surface area (Å²) in [5.41, 5.74) is 1.21. The molecule has 0 saturated carbocycles. The number of ether oxygens (including phenoxy) is 1. The summed E-state index contributed by atoms with van der Waals surface area (Å²) in [6.07, 6.45) is 0.267. The zero-order chi connectivity index (χ0) is 22.8. The molecule has 4 rings (SSSR count). The summed E-state index contributed by atoms with van der Waals surface area (Å²) in [5.74, 6) is -1.88. The summed E-state index contributed by atoms with van der Waals surface area (Å²) < 4.78 is 10.0. The topological polar surface area (TPSA) is 126 Å². The van der Waals surface area contributed by atoms with Crippen LogP contribution in [0.2, 0.25) is 0 Å². The van der Waals surface area contributed by atoms with Crippen LogP contribution in [0, 0.1) is 0 Å². The van der Waals surface area contributed by atoms with Crippen molar-refractivity contribution in [2.75, 3.05) is 12.9 Å². The SMILES string of the molecule is COC(=O)c1ccc(CC2=C(C(=O)O)N3C(=O)[C@@H](NC(=O)Cc4ccccc4)[C@H]3SC2)o1. The number of carboxylic acids is 1. The van der Waals surface area contributed by atoms with Crippen molar-refractivity contribution in [2.24, 2.45) is 0 Å². The molecule has 0 unspecified atom stereocenters. The number of nitrogens with zero attached hydrogens (tertiary/aromatic N) is 1. The van der Waals surface area contributed by atoms with Crippen LogP contribution in [-0.2, 0) is 32.0 Å². The average molecular weight is 456 g/mol. The number of thioether (sulfide) groups is 1. The number of hydrogen-bond donors (Lipinski definition) is 2. The highest BCUT2D eigenvalue weighted by Crippen LogP contribution is 2.41. The van der Waals surface area contributed by atoms with E-state index >= 15 is 0 Å². The molecule has 32 heavy (non-hydrogen) atoms. The van der Waals surface area contributed by atoms with Crippen molar-refractivity contribution in [3.8, 4) is 0 Å². The molecule has 1 saturated heterocycles. The molecule has 0 spiro atoms. The van der Waals surface area contributed by atoms with Crippen LogP contribution in [-0.4, -0.2) is 58.0 Å². The molecule has 2 aromatic rings. The van der Waals surface area contributed by atoms with Gasteiger partial charge in [-0.1, -0.05) is 30.3 Å². The summed E-state index contributed by atoms with van der Waals surface area (Å²) in [5, 5.41) is 12.0. The maximum absolute atomic E-state index is 12.7. The number of esters is 1. The number of rotatable bonds is 7. The second-order valence-corrected chi connectivity index (χ2v) is 8.41. The first-order valence-corrected chi connectivity index (χ1v) is 10.8. The van der Waals surface area contributed by atoms with Gasteiger partial charge in [0.2, 0.25) is 11.7 Å². The molecule has 0 aliphatic carbocycles. The van der Waals surface area contributed by atoms with Gasteiger partial charge in [0, 0.05) is 12.2 Å². The van der Waals surface area contributed by atoms with Crippen molar-refractivity contribution in [3.05, 3.63) is 70.8 Å². The lowest BCUT2D eigenvalue weighted by Crippen LogP contribution is -2.70. The minimum absolute atomic E-state index is 0.0162. The number of benzene rings is 1. The normalized spacial score (nSPS) is 19.8. The molecule has 1 fully saturated rings. The van der Waals surface area contributed by atoms with Gasteiger partial charge in [-0.05, 0) is 23.3 Å². The Morgan fingerprint density at radius 3 is 2.66 bits per heavy atom. The zero-order valence-corrected chi connectivity index (χ0v) is 17.9. The maximum Gasteiger partial charge on any atom is 0.373 e. The van der Waals surface area contributed by atoms with E-state index in [-0.39, 0.29) is 30.2 Å². The standard InChI is InChI=1S/C22H20N2O7S/c1-30-22(29)15-8-7-14(31-15)10-13-11-32-20-17(19(26)24(20)18(13)21(27)28)23-16(25)9-12-5-3-2-4-6-12/h2-8,17,20H,9-11H2,1H3,(H,23,25)(H,27,28)/t17-,20-/m1/s1. The van der Waals surface area contributed by atoms with Gasteiger partial charge in [-0.3, -0.25) is 14.5 Å². The molecule has 2 N–H and O–H groups in total. The van der Waals surface area contributed by atoms with E-state index in [0.717, 1.165) is 5.56 Å². The van der Waals surface area contributed by atoms with Crippen LogP contribution >= 0.6 is 11.8 Å². The average Bonchev–Trinajstić information content (AvgIpc) is 3.25. The van der Waals surface area contributed by atoms with Gasteiger partial charge >= 0.3 is 11.9 Å². The molecule has 9 nitrogen and oxygen atoms in total. The number of amides is 2. The van der Waals surface area contributed by atoms with Crippen LogP contribution in [0.1, 0.15) is 21.9 Å². The number of aliphatic carboxylic acids is 1. The van der Waals surface area contributed by atoms with Crippen molar-refractivity contribution >= 4 is 35.5 Å². The third-order valence-corrected chi connectivity index (χ3v) is 6.55. The lowest BCUT2D eigenvalue weighted by atomic mass is 10.0. The molecule has 2 amide bonds. The van der Waals surface area contributed by atoms with Crippen LogP contribution in [0.15, 0.2) is 58.2 Å². The van der Waals surface area contributed by atoms with Gasteiger partial charge in [0.25, 0.3) is 5.91 Å². The van der Waals surface area contributed by atoms with Gasteiger partial charge in [-0.15, -0.1) is 11.8 Å². The second-order valence-electron chi connectivity index (χ2n) is 7.31. The minimum atomic E-state index is -1.23. The highest BCUT2D eigenvalue weighted by Gasteiger charge is 2.54. The van der Waals surface area contributed by atoms with Gasteiger partial charge in [-0.2, -0.15) is 0 Å². The molecule has 2 aliphatic rings. The van der Waals surface area contributed by atoms with Gasteiger partial charge in [-0.25, -0.2) is 9.59 Å². The van der Waals surface area contributed by atoms with Crippen LogP contribution < -0.4 is 5.32 Å². The molecule has 1 aromatic carbocycles. The first-order chi connectivity index (χ1) is 15.4. The second kappa shape index (κ2) is 8.91. The quantitative estimate of drug-likeness (QED) is 0.475. The first kappa shape index (κ1) is 21.7. The zero-order valence-electron chi connectivity index (χ0n) is 17.1. The highest BCUT2D eigenvalue weighted by atomic mass is 32.2. The Balaban J connectivity index is 1.47. The number of carbonyl (C=O) groups is 4. The van der Waals surface area contributed by atoms with Crippen LogP contribution in [0.4, 0.5) is 0 Å². The van der Waals surface area contributed by atoms with E-state index in [1.54, 1.807) is 6.07 Å². The van der Waals surface area contributed by atoms with Crippen molar-refractivity contribution in [1.82, 2.24) is 10.2 Å². The number of β-lactam (4-membered cyclic amide) rings is 1. The van der Waals surface area contributed by atoms with Gasteiger partial charge in [0.1, 0.15) is 22.9 Å². The predicted octanol–water partition coefficient (Wildman–Crippen LogP) is 1.59. The lowest BCUT2D eigenvalue weighted by molar-refractivity contribution is -0.150. The Bertz CT molecular complexity index is 1110. The summed E-state index contributed by atoms with van der Waals surface area (Å²) in [6.45, 7) is 0. The van der Waals surface area contributed by atoms with Crippen molar-refractivity contribution in [3.63, 3.8) is 0 Å². The number of furan rings is 1. The Labute approximate surface area is 187 Å². The fourth-order valence-electron chi connectivity index (χ4n) is 3.72. The molecule has 166 valence electrons. The van der Waals surface area contributed by atoms with Crippen LogP contribution in [0.5, 0.6) is 0 Å². The van der Waals surface area contributed by atoms with Gasteiger partial charge in [0.05, 0.1) is 13.5 Å². The monoisotopic (exact) mass is 456 g/mol.